The number of alkyl halides is 1. The third-order valence-corrected chi connectivity index (χ3v) is 6.64. The van der Waals surface area contributed by atoms with Gasteiger partial charge in [0.1, 0.15) is 6.61 Å². The molecule has 0 aromatic carbocycles. The van der Waals surface area contributed by atoms with Gasteiger partial charge in [0.15, 0.2) is 0 Å². The second-order valence-corrected chi connectivity index (χ2v) is 10.6. The summed E-state index contributed by atoms with van der Waals surface area (Å²) in [5, 5.41) is 0. The number of halogens is 1. The second-order valence-electron chi connectivity index (χ2n) is 9.48. The van der Waals surface area contributed by atoms with Gasteiger partial charge in [0, 0.05) is 13.0 Å². The molecule has 0 N–H and O–H groups in total. The molecule has 0 aliphatic heterocycles. The summed E-state index contributed by atoms with van der Waals surface area (Å²) in [4.78, 5) is 11.7. The molecule has 0 aliphatic carbocycles. The maximum Gasteiger partial charge on any atom is 0.305 e. The van der Waals surface area contributed by atoms with Crippen LogP contribution in [-0.4, -0.2) is 110 Å². The van der Waals surface area contributed by atoms with Crippen LogP contribution in [0.25, 0.3) is 0 Å². The Morgan fingerprint density at radius 2 is 0.775 bits per heavy atom. The largest absolute Gasteiger partial charge is 0.463 e. The van der Waals surface area contributed by atoms with E-state index in [2.05, 4.69) is 29.5 Å². The highest BCUT2D eigenvalue weighted by Crippen LogP contribution is 2.08. The van der Waals surface area contributed by atoms with E-state index in [-0.39, 0.29) is 5.97 Å². The van der Waals surface area contributed by atoms with Gasteiger partial charge < -0.3 is 37.9 Å². The molecule has 0 spiro atoms. The first-order chi connectivity index (χ1) is 19.8. The Kier molecular flexibility index (Phi) is 36.9. The van der Waals surface area contributed by atoms with Gasteiger partial charge in [0.2, 0.25) is 0 Å². The quantitative estimate of drug-likeness (QED) is 0.0355. The highest BCUT2D eigenvalue weighted by Gasteiger charge is 2.02. The van der Waals surface area contributed by atoms with Crippen LogP contribution in [0, 0.1) is 0 Å². The van der Waals surface area contributed by atoms with Crippen LogP contribution in [0.1, 0.15) is 84.0 Å². The first kappa shape index (κ1) is 39.9. The molecule has 0 amide bonds. The maximum absolute atomic E-state index is 11.7. The molecule has 240 valence electrons. The van der Waals surface area contributed by atoms with Crippen molar-refractivity contribution in [3.05, 3.63) is 0 Å². The van der Waals surface area contributed by atoms with Gasteiger partial charge in [-0.25, -0.2) is 0 Å². The van der Waals surface area contributed by atoms with Gasteiger partial charge in [0.05, 0.1) is 85.9 Å². The third-order valence-electron chi connectivity index (χ3n) is 5.88. The summed E-state index contributed by atoms with van der Waals surface area (Å²) in [6, 6.07) is 0. The van der Waals surface area contributed by atoms with Gasteiger partial charge in [-0.2, -0.15) is 0 Å². The summed E-state index contributed by atoms with van der Waals surface area (Å²) >= 11 is 2.42. The summed E-state index contributed by atoms with van der Waals surface area (Å²) in [6.07, 6.45) is 13.8. The number of unbranched alkanes of at least 4 members (excludes halogenated alkanes) is 9. The van der Waals surface area contributed by atoms with Crippen LogP contribution in [-0.2, 0) is 42.7 Å². The van der Waals surface area contributed by atoms with Gasteiger partial charge in [-0.15, -0.1) is 0 Å². The predicted molar refractivity (Wildman–Crippen MR) is 167 cm³/mol. The minimum Gasteiger partial charge on any atom is -0.463 e. The maximum atomic E-state index is 11.7. The number of carbonyl (C=O) groups is 1. The third kappa shape index (κ3) is 35.9. The smallest absolute Gasteiger partial charge is 0.305 e. The molecule has 9 nitrogen and oxygen atoms in total. The van der Waals surface area contributed by atoms with Crippen LogP contribution in [0.5, 0.6) is 0 Å². The van der Waals surface area contributed by atoms with Gasteiger partial charge >= 0.3 is 5.97 Å². The van der Waals surface area contributed by atoms with E-state index < -0.39 is 0 Å². The molecule has 0 rings (SSSR count). The molecule has 0 aromatic heterocycles. The van der Waals surface area contributed by atoms with Crippen LogP contribution in [0.15, 0.2) is 0 Å². The van der Waals surface area contributed by atoms with E-state index in [0.29, 0.717) is 98.9 Å². The molecular formula is C30H59IO9. The zero-order chi connectivity index (χ0) is 29.0. The lowest BCUT2D eigenvalue weighted by atomic mass is 10.1. The summed E-state index contributed by atoms with van der Waals surface area (Å²) in [6.45, 7) is 10.2. The lowest BCUT2D eigenvalue weighted by molar-refractivity contribution is -0.145. The monoisotopic (exact) mass is 690 g/mol. The molecule has 0 unspecified atom stereocenters. The van der Waals surface area contributed by atoms with Crippen molar-refractivity contribution in [2.24, 2.45) is 0 Å². The highest BCUT2D eigenvalue weighted by molar-refractivity contribution is 14.1. The molecule has 0 saturated carbocycles. The van der Waals surface area contributed by atoms with Crippen molar-refractivity contribution in [3.8, 4) is 0 Å². The summed E-state index contributed by atoms with van der Waals surface area (Å²) in [5.41, 5.74) is 0. The second kappa shape index (κ2) is 36.9. The molecule has 0 heterocycles. The van der Waals surface area contributed by atoms with Crippen LogP contribution < -0.4 is 0 Å². The highest BCUT2D eigenvalue weighted by atomic mass is 127. The van der Waals surface area contributed by atoms with Crippen LogP contribution >= 0.6 is 22.6 Å². The predicted octanol–water partition coefficient (Wildman–Crippen LogP) is 5.78. The number of rotatable bonds is 35. The Balaban J connectivity index is 3.09. The van der Waals surface area contributed by atoms with Crippen molar-refractivity contribution in [2.75, 3.05) is 104 Å². The first-order valence-corrected chi connectivity index (χ1v) is 17.1. The van der Waals surface area contributed by atoms with Crippen molar-refractivity contribution in [1.82, 2.24) is 0 Å². The van der Waals surface area contributed by atoms with Crippen molar-refractivity contribution in [3.63, 3.8) is 0 Å². The molecular weight excluding hydrogens is 631 g/mol. The number of ether oxygens (including phenoxy) is 8. The fourth-order valence-corrected chi connectivity index (χ4v) is 4.13. The normalized spacial score (nSPS) is 11.3. The van der Waals surface area contributed by atoms with Crippen molar-refractivity contribution < 1.29 is 42.7 Å². The molecule has 10 heteroatoms. The molecule has 0 radical (unpaired) electrons. The van der Waals surface area contributed by atoms with Crippen LogP contribution in [0.4, 0.5) is 0 Å². The van der Waals surface area contributed by atoms with E-state index in [0.717, 1.165) is 25.9 Å². The van der Waals surface area contributed by atoms with E-state index in [1.54, 1.807) is 0 Å². The molecule has 0 saturated heterocycles. The minimum absolute atomic E-state index is 0.132. The minimum atomic E-state index is -0.132. The van der Waals surface area contributed by atoms with Gasteiger partial charge in [-0.05, 0) is 23.7 Å². The van der Waals surface area contributed by atoms with Gasteiger partial charge in [0.25, 0.3) is 0 Å². The molecule has 0 bridgehead atoms. The average Bonchev–Trinajstić information content (AvgIpc) is 2.96. The Morgan fingerprint density at radius 1 is 0.425 bits per heavy atom. The van der Waals surface area contributed by atoms with Gasteiger partial charge in [-0.3, -0.25) is 4.79 Å². The molecule has 40 heavy (non-hydrogen) atoms. The number of carbonyl (C=O) groups excluding carboxylic acids is 1. The van der Waals surface area contributed by atoms with E-state index in [4.69, 9.17) is 37.9 Å². The topological polar surface area (TPSA) is 90.9 Å². The number of hydrogen-bond acceptors (Lipinski definition) is 9. The van der Waals surface area contributed by atoms with E-state index in [1.807, 2.05) is 0 Å². The summed E-state index contributed by atoms with van der Waals surface area (Å²) in [5.74, 6) is -0.132. The van der Waals surface area contributed by atoms with E-state index in [1.165, 1.54) is 55.8 Å². The summed E-state index contributed by atoms with van der Waals surface area (Å²) < 4.78 is 44.8. The lowest BCUT2D eigenvalue weighted by Crippen LogP contribution is -2.15. The number of esters is 1. The fourth-order valence-electron chi connectivity index (χ4n) is 3.59. The first-order valence-electron chi connectivity index (χ1n) is 15.6. The van der Waals surface area contributed by atoms with Crippen molar-refractivity contribution in [1.29, 1.82) is 0 Å². The van der Waals surface area contributed by atoms with E-state index in [9.17, 15) is 4.79 Å². The Hall–Kier alpha value is -0.0800. The summed E-state index contributed by atoms with van der Waals surface area (Å²) in [7, 11) is 0. The Morgan fingerprint density at radius 3 is 1.23 bits per heavy atom. The number of hydrogen-bond donors (Lipinski definition) is 0. The van der Waals surface area contributed by atoms with Crippen molar-refractivity contribution >= 4 is 28.6 Å². The van der Waals surface area contributed by atoms with Crippen molar-refractivity contribution in [2.45, 2.75) is 84.0 Å². The molecule has 0 fully saturated rings. The van der Waals surface area contributed by atoms with Gasteiger partial charge in [-0.1, -0.05) is 80.9 Å². The Bertz CT molecular complexity index is 486. The zero-order valence-corrected chi connectivity index (χ0v) is 27.5. The molecule has 0 aromatic rings. The Labute approximate surface area is 258 Å². The SMILES string of the molecule is CCCCCCCCCC(=O)OCCOCCOCCOCCOCCOCCOCCOCCCCCCI. The molecule has 0 atom stereocenters. The fraction of sp³-hybridized carbons (Fsp3) is 0.967. The van der Waals surface area contributed by atoms with Crippen LogP contribution in [0.2, 0.25) is 0 Å². The lowest BCUT2D eigenvalue weighted by Gasteiger charge is -2.09. The average molecular weight is 691 g/mol. The van der Waals surface area contributed by atoms with E-state index >= 15 is 0 Å². The molecule has 0 aliphatic rings. The zero-order valence-electron chi connectivity index (χ0n) is 25.4. The standard InChI is InChI=1S/C30H59IO9/c1-2-3-4-5-6-7-10-13-30(32)40-29-28-39-27-26-38-25-24-37-23-22-36-21-20-35-19-18-34-17-16-33-15-12-9-8-11-14-31/h2-29H2,1H3. The van der Waals surface area contributed by atoms with Crippen LogP contribution in [0.3, 0.4) is 0 Å².